The molecule has 8 aromatic rings. The van der Waals surface area contributed by atoms with E-state index in [4.69, 9.17) is 14.1 Å². The molecule has 0 fully saturated rings. The Morgan fingerprint density at radius 3 is 2.40 bits per heavy atom. The summed E-state index contributed by atoms with van der Waals surface area (Å²) >= 11 is 0. The molecule has 0 unspecified atom stereocenters. The van der Waals surface area contributed by atoms with Crippen LogP contribution in [0.1, 0.15) is 26.3 Å². The van der Waals surface area contributed by atoms with E-state index < -0.39 is 0 Å². The second kappa shape index (κ2) is 9.04. The SMILES string of the molecule is CC(C)(C)c1ccnc(-n2c3ccccc3c3ccc(Oc4cc(-c5nnc[nH]5)c5c(c4)oc4ccccc45)cc32)c1. The third-order valence-corrected chi connectivity index (χ3v) is 7.85. The highest BCUT2D eigenvalue weighted by molar-refractivity contribution is 6.12. The highest BCUT2D eigenvalue weighted by Gasteiger charge is 2.20. The number of nitrogens with zero attached hydrogens (tertiary/aromatic N) is 4. The van der Waals surface area contributed by atoms with Gasteiger partial charge in [-0.3, -0.25) is 4.57 Å². The minimum atomic E-state index is 0.00123. The molecule has 0 aliphatic rings. The molecule has 0 aliphatic heterocycles. The molecule has 42 heavy (non-hydrogen) atoms. The molecule has 204 valence electrons. The van der Waals surface area contributed by atoms with Gasteiger partial charge in [0.15, 0.2) is 5.82 Å². The first-order chi connectivity index (χ1) is 20.4. The first kappa shape index (κ1) is 24.4. The number of rotatable bonds is 4. The number of hydrogen-bond acceptors (Lipinski definition) is 5. The molecule has 0 bridgehead atoms. The number of para-hydroxylation sites is 2. The van der Waals surface area contributed by atoms with E-state index in [2.05, 4.69) is 95.1 Å². The van der Waals surface area contributed by atoms with Crippen LogP contribution in [0.2, 0.25) is 0 Å². The molecule has 7 nitrogen and oxygen atoms in total. The normalized spacial score (nSPS) is 12.2. The van der Waals surface area contributed by atoms with Gasteiger partial charge < -0.3 is 14.1 Å². The Morgan fingerprint density at radius 2 is 1.57 bits per heavy atom. The lowest BCUT2D eigenvalue weighted by Gasteiger charge is -2.20. The fourth-order valence-electron chi connectivity index (χ4n) is 5.82. The van der Waals surface area contributed by atoms with Crippen molar-refractivity contribution < 1.29 is 9.15 Å². The van der Waals surface area contributed by atoms with Crippen LogP contribution in [0.3, 0.4) is 0 Å². The van der Waals surface area contributed by atoms with E-state index >= 15 is 0 Å². The Bertz CT molecular complexity index is 2270. The van der Waals surface area contributed by atoms with Crippen LogP contribution in [0, 0.1) is 0 Å². The summed E-state index contributed by atoms with van der Waals surface area (Å²) in [4.78, 5) is 7.94. The number of furan rings is 1. The van der Waals surface area contributed by atoms with Crippen LogP contribution in [0.4, 0.5) is 0 Å². The Kier molecular flexibility index (Phi) is 5.25. The van der Waals surface area contributed by atoms with Gasteiger partial charge in [0, 0.05) is 45.4 Å². The van der Waals surface area contributed by atoms with Gasteiger partial charge in [0.2, 0.25) is 0 Å². The Labute approximate surface area is 241 Å². The van der Waals surface area contributed by atoms with Crippen LogP contribution in [-0.4, -0.2) is 24.7 Å². The van der Waals surface area contributed by atoms with Crippen molar-refractivity contribution in [2.75, 3.05) is 0 Å². The average Bonchev–Trinajstić information content (AvgIpc) is 3.72. The molecular weight excluding hydrogens is 522 g/mol. The van der Waals surface area contributed by atoms with E-state index in [1.54, 1.807) is 6.33 Å². The Balaban J connectivity index is 1.30. The van der Waals surface area contributed by atoms with Crippen LogP contribution < -0.4 is 4.74 Å². The number of nitrogens with one attached hydrogen (secondary N) is 1. The monoisotopic (exact) mass is 549 g/mol. The highest BCUT2D eigenvalue weighted by atomic mass is 16.5. The second-order valence-electron chi connectivity index (χ2n) is 11.6. The van der Waals surface area contributed by atoms with Crippen LogP contribution in [-0.2, 0) is 5.41 Å². The van der Waals surface area contributed by atoms with Crippen molar-refractivity contribution in [3.05, 3.63) is 109 Å². The number of aromatic nitrogens is 5. The van der Waals surface area contributed by atoms with Gasteiger partial charge in [-0.25, -0.2) is 4.98 Å². The fraction of sp³-hybridized carbons (Fsp3) is 0.114. The van der Waals surface area contributed by atoms with Gasteiger partial charge in [-0.05, 0) is 53.4 Å². The molecule has 4 heterocycles. The lowest BCUT2D eigenvalue weighted by Crippen LogP contribution is -2.12. The average molecular weight is 550 g/mol. The smallest absolute Gasteiger partial charge is 0.162 e. The lowest BCUT2D eigenvalue weighted by molar-refractivity contribution is 0.483. The van der Waals surface area contributed by atoms with E-state index in [1.165, 1.54) is 10.9 Å². The second-order valence-corrected chi connectivity index (χ2v) is 11.6. The standard InChI is InChI=1S/C35H27N5O2/c1-35(2,3)21-14-15-36-32(16-21)40-28-10-6-4-8-24(28)25-13-12-22(18-29(25)40)41-23-17-27(34-37-20-38-39-34)33-26-9-5-7-11-30(26)42-31(33)19-23/h4-20H,1-3H3,(H,37,38,39). The van der Waals surface area contributed by atoms with Gasteiger partial charge in [-0.1, -0.05) is 57.2 Å². The number of aromatic amines is 1. The van der Waals surface area contributed by atoms with Crippen molar-refractivity contribution in [3.63, 3.8) is 0 Å². The molecular formula is C35H27N5O2. The zero-order valence-corrected chi connectivity index (χ0v) is 23.4. The van der Waals surface area contributed by atoms with Crippen LogP contribution in [0.5, 0.6) is 11.5 Å². The first-order valence-electron chi connectivity index (χ1n) is 13.9. The van der Waals surface area contributed by atoms with E-state index in [9.17, 15) is 0 Å². The van der Waals surface area contributed by atoms with Crippen LogP contribution in [0.15, 0.2) is 108 Å². The molecule has 0 spiro atoms. The summed E-state index contributed by atoms with van der Waals surface area (Å²) in [7, 11) is 0. The van der Waals surface area contributed by atoms with Crippen molar-refractivity contribution in [1.29, 1.82) is 0 Å². The quantitative estimate of drug-likeness (QED) is 0.237. The number of benzene rings is 4. The molecule has 4 aromatic carbocycles. The van der Waals surface area contributed by atoms with Gasteiger partial charge in [-0.2, -0.15) is 0 Å². The summed E-state index contributed by atoms with van der Waals surface area (Å²) < 4.78 is 15.0. The first-order valence-corrected chi connectivity index (χ1v) is 13.9. The van der Waals surface area contributed by atoms with E-state index in [-0.39, 0.29) is 5.41 Å². The van der Waals surface area contributed by atoms with Crippen LogP contribution >= 0.6 is 0 Å². The van der Waals surface area contributed by atoms with Gasteiger partial charge in [0.25, 0.3) is 0 Å². The van der Waals surface area contributed by atoms with Gasteiger partial charge in [0.05, 0.1) is 11.0 Å². The summed E-state index contributed by atoms with van der Waals surface area (Å²) in [5.41, 5.74) is 5.74. The summed E-state index contributed by atoms with van der Waals surface area (Å²) in [6.45, 7) is 6.65. The molecule has 0 amide bonds. The van der Waals surface area contributed by atoms with Crippen molar-refractivity contribution in [3.8, 4) is 28.7 Å². The molecule has 0 saturated heterocycles. The summed E-state index contributed by atoms with van der Waals surface area (Å²) in [5.74, 6) is 2.87. The predicted octanol–water partition coefficient (Wildman–Crippen LogP) is 8.95. The summed E-state index contributed by atoms with van der Waals surface area (Å²) in [6, 6.07) is 30.8. The lowest BCUT2D eigenvalue weighted by atomic mass is 9.88. The van der Waals surface area contributed by atoms with Crippen molar-refractivity contribution in [1.82, 2.24) is 24.7 Å². The largest absolute Gasteiger partial charge is 0.457 e. The molecule has 1 N–H and O–H groups in total. The van der Waals surface area contributed by atoms with E-state index in [0.717, 1.165) is 49.7 Å². The van der Waals surface area contributed by atoms with Crippen molar-refractivity contribution in [2.45, 2.75) is 26.2 Å². The molecule has 0 aliphatic carbocycles. The third-order valence-electron chi connectivity index (χ3n) is 7.85. The summed E-state index contributed by atoms with van der Waals surface area (Å²) in [6.07, 6.45) is 3.47. The fourth-order valence-corrected chi connectivity index (χ4v) is 5.82. The Hall–Kier alpha value is -5.43. The summed E-state index contributed by atoms with van der Waals surface area (Å²) in [5, 5.41) is 12.6. The number of pyridine rings is 1. The molecule has 0 radical (unpaired) electrons. The minimum absolute atomic E-state index is 0.00123. The molecule has 7 heteroatoms. The molecule has 8 rings (SSSR count). The van der Waals surface area contributed by atoms with E-state index in [0.29, 0.717) is 17.3 Å². The maximum atomic E-state index is 6.54. The maximum Gasteiger partial charge on any atom is 0.162 e. The van der Waals surface area contributed by atoms with Gasteiger partial charge in [0.1, 0.15) is 34.8 Å². The molecule has 4 aromatic heterocycles. The topological polar surface area (TPSA) is 81.8 Å². The number of H-pyrrole nitrogens is 1. The van der Waals surface area contributed by atoms with Crippen molar-refractivity contribution >= 4 is 43.7 Å². The number of fused-ring (bicyclic) bond motifs is 6. The zero-order valence-electron chi connectivity index (χ0n) is 23.4. The molecule has 0 atom stereocenters. The number of ether oxygens (including phenoxy) is 1. The van der Waals surface area contributed by atoms with Crippen molar-refractivity contribution in [2.24, 2.45) is 0 Å². The van der Waals surface area contributed by atoms with Gasteiger partial charge >= 0.3 is 0 Å². The third kappa shape index (κ3) is 3.85. The highest BCUT2D eigenvalue weighted by Crippen LogP contribution is 2.40. The van der Waals surface area contributed by atoms with Crippen LogP contribution in [0.25, 0.3) is 61.0 Å². The van der Waals surface area contributed by atoms with Gasteiger partial charge in [-0.15, -0.1) is 10.2 Å². The maximum absolute atomic E-state index is 6.54. The minimum Gasteiger partial charge on any atom is -0.457 e. The Morgan fingerprint density at radius 1 is 0.762 bits per heavy atom. The number of hydrogen-bond donors (Lipinski definition) is 1. The molecule has 0 saturated carbocycles. The zero-order chi connectivity index (χ0) is 28.4. The predicted molar refractivity (Wildman–Crippen MR) is 166 cm³/mol. The van der Waals surface area contributed by atoms with E-state index in [1.807, 2.05) is 42.6 Å².